The minimum Gasteiger partial charge on any atom is -0.371 e. The van der Waals surface area contributed by atoms with Gasteiger partial charge in [-0.05, 0) is 69.3 Å². The summed E-state index contributed by atoms with van der Waals surface area (Å²) in [5, 5.41) is 6.06. The molecule has 144 valence electrons. The molecule has 26 heavy (non-hydrogen) atoms. The molecule has 2 saturated heterocycles. The highest BCUT2D eigenvalue weighted by Gasteiger charge is 2.22. The van der Waals surface area contributed by atoms with E-state index in [-0.39, 0.29) is 6.03 Å². The van der Waals surface area contributed by atoms with Crippen molar-refractivity contribution in [2.24, 2.45) is 11.8 Å². The van der Waals surface area contributed by atoms with Crippen LogP contribution in [0.4, 0.5) is 10.5 Å². The van der Waals surface area contributed by atoms with Crippen molar-refractivity contribution < 1.29 is 4.79 Å². The van der Waals surface area contributed by atoms with Crippen molar-refractivity contribution in [3.8, 4) is 0 Å². The van der Waals surface area contributed by atoms with Gasteiger partial charge < -0.3 is 20.4 Å². The molecule has 5 nitrogen and oxygen atoms in total. The number of para-hydroxylation sites is 1. The SMILES string of the molecule is CC1CCN(CCCNC(=O)NCC2CCN(c3ccccc3)C2)CC1. The second kappa shape index (κ2) is 9.81. The lowest BCUT2D eigenvalue weighted by Crippen LogP contribution is -2.40. The molecule has 3 rings (SSSR count). The van der Waals surface area contributed by atoms with E-state index < -0.39 is 0 Å². The minimum absolute atomic E-state index is 0.0181. The van der Waals surface area contributed by atoms with Crippen LogP contribution in [0.5, 0.6) is 0 Å². The summed E-state index contributed by atoms with van der Waals surface area (Å²) in [7, 11) is 0. The summed E-state index contributed by atoms with van der Waals surface area (Å²) in [6.45, 7) is 9.50. The molecule has 2 amide bonds. The van der Waals surface area contributed by atoms with Crippen molar-refractivity contribution >= 4 is 11.7 Å². The van der Waals surface area contributed by atoms with Gasteiger partial charge in [-0.3, -0.25) is 0 Å². The highest BCUT2D eigenvalue weighted by atomic mass is 16.2. The first-order chi connectivity index (χ1) is 12.7. The maximum Gasteiger partial charge on any atom is 0.314 e. The summed E-state index contributed by atoms with van der Waals surface area (Å²) in [5.74, 6) is 1.42. The molecule has 1 aromatic carbocycles. The van der Waals surface area contributed by atoms with Crippen molar-refractivity contribution in [3.63, 3.8) is 0 Å². The Kier molecular flexibility index (Phi) is 7.18. The summed E-state index contributed by atoms with van der Waals surface area (Å²) >= 11 is 0. The maximum absolute atomic E-state index is 12.0. The first kappa shape index (κ1) is 19.0. The monoisotopic (exact) mass is 358 g/mol. The largest absolute Gasteiger partial charge is 0.371 e. The van der Waals surface area contributed by atoms with Gasteiger partial charge in [0.1, 0.15) is 0 Å². The molecule has 1 atom stereocenters. The van der Waals surface area contributed by atoms with Gasteiger partial charge in [0.05, 0.1) is 0 Å². The van der Waals surface area contributed by atoms with Gasteiger partial charge in [0.25, 0.3) is 0 Å². The second-order valence-corrected chi connectivity index (χ2v) is 7.95. The van der Waals surface area contributed by atoms with Gasteiger partial charge in [0, 0.05) is 31.9 Å². The van der Waals surface area contributed by atoms with E-state index in [4.69, 9.17) is 0 Å². The lowest BCUT2D eigenvalue weighted by Gasteiger charge is -2.30. The number of anilines is 1. The van der Waals surface area contributed by atoms with Gasteiger partial charge in [-0.1, -0.05) is 25.1 Å². The Morgan fingerprint density at radius 2 is 1.85 bits per heavy atom. The van der Waals surface area contributed by atoms with Crippen molar-refractivity contribution in [2.45, 2.75) is 32.6 Å². The fourth-order valence-electron chi connectivity index (χ4n) is 3.96. The number of nitrogens with zero attached hydrogens (tertiary/aromatic N) is 2. The predicted octanol–water partition coefficient (Wildman–Crippen LogP) is 2.93. The number of rotatable bonds is 7. The van der Waals surface area contributed by atoms with Gasteiger partial charge in [-0.25, -0.2) is 4.79 Å². The first-order valence-corrected chi connectivity index (χ1v) is 10.2. The fraction of sp³-hybridized carbons (Fsp3) is 0.667. The zero-order valence-corrected chi connectivity index (χ0v) is 16.1. The van der Waals surface area contributed by atoms with Crippen LogP contribution in [0.25, 0.3) is 0 Å². The van der Waals surface area contributed by atoms with Gasteiger partial charge in [0.2, 0.25) is 0 Å². The molecule has 2 heterocycles. The fourth-order valence-corrected chi connectivity index (χ4v) is 3.96. The molecule has 0 spiro atoms. The zero-order valence-electron chi connectivity index (χ0n) is 16.1. The number of urea groups is 1. The van der Waals surface area contributed by atoms with E-state index in [9.17, 15) is 4.79 Å². The Labute approximate surface area is 158 Å². The molecule has 2 aliphatic heterocycles. The summed E-state index contributed by atoms with van der Waals surface area (Å²) in [6, 6.07) is 10.5. The molecule has 2 fully saturated rings. The van der Waals surface area contributed by atoms with E-state index in [1.807, 2.05) is 0 Å². The molecular formula is C21H34N4O. The van der Waals surface area contributed by atoms with Crippen LogP contribution in [0.2, 0.25) is 0 Å². The summed E-state index contributed by atoms with van der Waals surface area (Å²) in [4.78, 5) is 16.9. The number of hydrogen-bond donors (Lipinski definition) is 2. The topological polar surface area (TPSA) is 47.6 Å². The first-order valence-electron chi connectivity index (χ1n) is 10.2. The zero-order chi connectivity index (χ0) is 18.2. The molecule has 2 aliphatic rings. The van der Waals surface area contributed by atoms with Crippen molar-refractivity contribution in [3.05, 3.63) is 30.3 Å². The number of carbonyl (C=O) groups is 1. The molecule has 0 radical (unpaired) electrons. The normalized spacial score (nSPS) is 21.7. The summed E-state index contributed by atoms with van der Waals surface area (Å²) in [5.41, 5.74) is 1.28. The number of hydrogen-bond acceptors (Lipinski definition) is 3. The van der Waals surface area contributed by atoms with E-state index in [1.165, 1.54) is 31.6 Å². The molecule has 0 aliphatic carbocycles. The summed E-state index contributed by atoms with van der Waals surface area (Å²) in [6.07, 6.45) is 4.81. The molecule has 1 aromatic rings. The smallest absolute Gasteiger partial charge is 0.314 e. The van der Waals surface area contributed by atoms with Gasteiger partial charge in [-0.2, -0.15) is 0 Å². The average Bonchev–Trinajstić information content (AvgIpc) is 3.15. The Morgan fingerprint density at radius 1 is 1.08 bits per heavy atom. The Morgan fingerprint density at radius 3 is 2.62 bits per heavy atom. The molecule has 0 saturated carbocycles. The highest BCUT2D eigenvalue weighted by Crippen LogP contribution is 2.22. The van der Waals surface area contributed by atoms with Crippen LogP contribution >= 0.6 is 0 Å². The Bertz CT molecular complexity index is 542. The number of amides is 2. The number of carbonyl (C=O) groups excluding carboxylic acids is 1. The third kappa shape index (κ3) is 5.90. The van der Waals surface area contributed by atoms with Crippen LogP contribution < -0.4 is 15.5 Å². The Balaban J connectivity index is 1.24. The van der Waals surface area contributed by atoms with Crippen molar-refractivity contribution in [1.29, 1.82) is 0 Å². The molecule has 2 N–H and O–H groups in total. The van der Waals surface area contributed by atoms with E-state index >= 15 is 0 Å². The molecule has 0 aromatic heterocycles. The van der Waals surface area contributed by atoms with Crippen LogP contribution in [-0.2, 0) is 0 Å². The van der Waals surface area contributed by atoms with Gasteiger partial charge >= 0.3 is 6.03 Å². The van der Waals surface area contributed by atoms with E-state index in [0.29, 0.717) is 5.92 Å². The molecule has 0 bridgehead atoms. The number of nitrogens with one attached hydrogen (secondary N) is 2. The third-order valence-electron chi connectivity index (χ3n) is 5.77. The van der Waals surface area contributed by atoms with Crippen LogP contribution in [0, 0.1) is 11.8 Å². The standard InChI is InChI=1S/C21H34N4O/c1-18-8-13-24(14-9-18)12-5-11-22-21(26)23-16-19-10-15-25(17-19)20-6-3-2-4-7-20/h2-4,6-7,18-19H,5,8-17H2,1H3,(H2,22,23,26). The predicted molar refractivity (Wildman–Crippen MR) is 108 cm³/mol. The van der Waals surface area contributed by atoms with Crippen LogP contribution in [-0.4, -0.2) is 56.7 Å². The van der Waals surface area contributed by atoms with Crippen LogP contribution in [0.3, 0.4) is 0 Å². The van der Waals surface area contributed by atoms with Crippen molar-refractivity contribution in [1.82, 2.24) is 15.5 Å². The van der Waals surface area contributed by atoms with Gasteiger partial charge in [0.15, 0.2) is 0 Å². The maximum atomic E-state index is 12.0. The number of piperidine rings is 1. The lowest BCUT2D eigenvalue weighted by molar-refractivity contribution is 0.190. The third-order valence-corrected chi connectivity index (χ3v) is 5.77. The number of benzene rings is 1. The Hall–Kier alpha value is -1.75. The minimum atomic E-state index is -0.0181. The molecular weight excluding hydrogens is 324 g/mol. The van der Waals surface area contributed by atoms with Crippen molar-refractivity contribution in [2.75, 3.05) is 50.7 Å². The van der Waals surface area contributed by atoms with Crippen LogP contribution in [0.15, 0.2) is 30.3 Å². The van der Waals surface area contributed by atoms with E-state index in [1.54, 1.807) is 0 Å². The summed E-state index contributed by atoms with van der Waals surface area (Å²) < 4.78 is 0. The van der Waals surface area contributed by atoms with Crippen LogP contribution in [0.1, 0.15) is 32.6 Å². The highest BCUT2D eigenvalue weighted by molar-refractivity contribution is 5.73. The molecule has 1 unspecified atom stereocenters. The number of likely N-dealkylation sites (tertiary alicyclic amines) is 1. The van der Waals surface area contributed by atoms with Gasteiger partial charge in [-0.15, -0.1) is 0 Å². The van der Waals surface area contributed by atoms with E-state index in [2.05, 4.69) is 57.7 Å². The second-order valence-electron chi connectivity index (χ2n) is 7.95. The average molecular weight is 359 g/mol. The molecule has 5 heteroatoms. The quantitative estimate of drug-likeness (QED) is 0.737. The lowest BCUT2D eigenvalue weighted by atomic mass is 9.99. The van der Waals surface area contributed by atoms with E-state index in [0.717, 1.165) is 51.5 Å².